The minimum absolute atomic E-state index is 0.0470. The van der Waals surface area contributed by atoms with Gasteiger partial charge in [0.1, 0.15) is 0 Å². The number of imidazole rings is 1. The highest BCUT2D eigenvalue weighted by atomic mass is 16.5. The van der Waals surface area contributed by atoms with Gasteiger partial charge in [0.15, 0.2) is 0 Å². The normalized spacial score (nSPS) is 10.6. The number of carbonyl (C=O) groups excluding carboxylic acids is 2. The molecular weight excluding hydrogens is 234 g/mol. The highest BCUT2D eigenvalue weighted by molar-refractivity contribution is 5.85. The van der Waals surface area contributed by atoms with Crippen LogP contribution < -0.4 is 5.32 Å². The molecule has 0 radical (unpaired) electrons. The van der Waals surface area contributed by atoms with Gasteiger partial charge in [-0.15, -0.1) is 0 Å². The predicted octanol–water partition coefficient (Wildman–Crippen LogP) is 0.746. The van der Waals surface area contributed by atoms with Crippen LogP contribution in [0.3, 0.4) is 0 Å². The van der Waals surface area contributed by atoms with Crippen molar-refractivity contribution in [2.75, 3.05) is 13.7 Å². The summed E-state index contributed by atoms with van der Waals surface area (Å²) in [4.78, 5) is 26.1. The van der Waals surface area contributed by atoms with Crippen LogP contribution in [0.15, 0.2) is 12.3 Å². The van der Waals surface area contributed by atoms with E-state index in [1.165, 1.54) is 14.0 Å². The molecule has 0 aromatic carbocycles. The van der Waals surface area contributed by atoms with E-state index in [2.05, 4.69) is 15.0 Å². The van der Waals surface area contributed by atoms with Gasteiger partial charge in [0.25, 0.3) is 0 Å². The van der Waals surface area contributed by atoms with Crippen LogP contribution in [-0.2, 0) is 16.6 Å². The summed E-state index contributed by atoms with van der Waals surface area (Å²) in [6, 6.07) is 0. The first-order valence-corrected chi connectivity index (χ1v) is 5.57. The number of nitrogens with zero attached hydrogens (tertiary/aromatic N) is 2. The first-order valence-electron chi connectivity index (χ1n) is 5.57. The minimum Gasteiger partial charge on any atom is -0.463 e. The number of amides is 1. The van der Waals surface area contributed by atoms with Crippen LogP contribution in [0.4, 0.5) is 0 Å². The Morgan fingerprint density at radius 1 is 1.56 bits per heavy atom. The molecule has 1 rings (SSSR count). The lowest BCUT2D eigenvalue weighted by molar-refractivity contribution is -0.118. The molecule has 6 nitrogen and oxygen atoms in total. The Morgan fingerprint density at radius 3 is 2.89 bits per heavy atom. The number of esters is 1. The number of ether oxygens (including phenoxy) is 1. The van der Waals surface area contributed by atoms with Crippen molar-refractivity contribution in [1.29, 1.82) is 0 Å². The first kappa shape index (κ1) is 14.0. The summed E-state index contributed by atoms with van der Waals surface area (Å²) in [5.74, 6) is -0.247. The molecule has 0 unspecified atom stereocenters. The van der Waals surface area contributed by atoms with Crippen LogP contribution in [0.5, 0.6) is 0 Å². The minimum atomic E-state index is -0.463. The van der Waals surface area contributed by atoms with Crippen molar-refractivity contribution in [3.63, 3.8) is 0 Å². The van der Waals surface area contributed by atoms with Gasteiger partial charge >= 0.3 is 5.97 Å². The summed E-state index contributed by atoms with van der Waals surface area (Å²) in [5.41, 5.74) is 0.681. The molecule has 1 amide bonds. The molecule has 1 N–H and O–H groups in total. The SMILES string of the molecule is COC(=O)c1nc(C=CCCNC(C)=O)cn1C. The van der Waals surface area contributed by atoms with Crippen LogP contribution in [-0.4, -0.2) is 35.1 Å². The lowest BCUT2D eigenvalue weighted by Gasteiger charge is -1.96. The molecule has 6 heteroatoms. The highest BCUT2D eigenvalue weighted by Crippen LogP contribution is 2.05. The molecule has 1 heterocycles. The third kappa shape index (κ3) is 4.04. The number of rotatable bonds is 5. The molecule has 18 heavy (non-hydrogen) atoms. The van der Waals surface area contributed by atoms with Crippen LogP contribution in [0.2, 0.25) is 0 Å². The van der Waals surface area contributed by atoms with E-state index in [4.69, 9.17) is 0 Å². The van der Waals surface area contributed by atoms with Crippen molar-refractivity contribution in [2.24, 2.45) is 7.05 Å². The summed E-state index contributed by atoms with van der Waals surface area (Å²) in [7, 11) is 3.05. The molecule has 0 bridgehead atoms. The molecule has 0 spiro atoms. The van der Waals surface area contributed by atoms with Crippen LogP contribution >= 0.6 is 0 Å². The Morgan fingerprint density at radius 2 is 2.28 bits per heavy atom. The number of hydrogen-bond acceptors (Lipinski definition) is 4. The smallest absolute Gasteiger partial charge is 0.374 e. The molecule has 0 saturated carbocycles. The Bertz CT molecular complexity index is 463. The predicted molar refractivity (Wildman–Crippen MR) is 66.9 cm³/mol. The molecule has 1 aromatic rings. The molecule has 0 aliphatic rings. The van der Waals surface area contributed by atoms with Gasteiger partial charge in [0, 0.05) is 26.7 Å². The zero-order valence-electron chi connectivity index (χ0n) is 10.8. The van der Waals surface area contributed by atoms with E-state index in [9.17, 15) is 9.59 Å². The maximum atomic E-state index is 11.3. The van der Waals surface area contributed by atoms with Gasteiger partial charge in [-0.1, -0.05) is 6.08 Å². The Hall–Kier alpha value is -2.11. The molecule has 0 aliphatic carbocycles. The van der Waals surface area contributed by atoms with Crippen molar-refractivity contribution in [3.8, 4) is 0 Å². The van der Waals surface area contributed by atoms with E-state index in [0.29, 0.717) is 18.7 Å². The van der Waals surface area contributed by atoms with E-state index < -0.39 is 5.97 Å². The van der Waals surface area contributed by atoms with Gasteiger partial charge in [-0.05, 0) is 12.5 Å². The molecule has 1 aromatic heterocycles. The van der Waals surface area contributed by atoms with E-state index in [1.807, 2.05) is 6.08 Å². The summed E-state index contributed by atoms with van der Waals surface area (Å²) < 4.78 is 6.22. The van der Waals surface area contributed by atoms with Crippen molar-refractivity contribution in [2.45, 2.75) is 13.3 Å². The number of hydrogen-bond donors (Lipinski definition) is 1. The topological polar surface area (TPSA) is 73.2 Å². The third-order valence-electron chi connectivity index (χ3n) is 2.24. The van der Waals surface area contributed by atoms with Gasteiger partial charge in [0.2, 0.25) is 11.7 Å². The fourth-order valence-corrected chi connectivity index (χ4v) is 1.39. The molecule has 0 fully saturated rings. The number of aryl methyl sites for hydroxylation is 1. The summed E-state index contributed by atoms with van der Waals surface area (Å²) >= 11 is 0. The van der Waals surface area contributed by atoms with Crippen molar-refractivity contribution in [3.05, 3.63) is 23.8 Å². The van der Waals surface area contributed by atoms with Crippen LogP contribution in [0.1, 0.15) is 29.7 Å². The van der Waals surface area contributed by atoms with E-state index in [-0.39, 0.29) is 11.7 Å². The van der Waals surface area contributed by atoms with Gasteiger partial charge in [-0.3, -0.25) is 4.79 Å². The second-order valence-electron chi connectivity index (χ2n) is 3.77. The van der Waals surface area contributed by atoms with Crippen molar-refractivity contribution >= 4 is 18.0 Å². The van der Waals surface area contributed by atoms with Gasteiger partial charge in [-0.25, -0.2) is 9.78 Å². The van der Waals surface area contributed by atoms with Gasteiger partial charge < -0.3 is 14.6 Å². The highest BCUT2D eigenvalue weighted by Gasteiger charge is 2.12. The maximum Gasteiger partial charge on any atom is 0.374 e. The number of aromatic nitrogens is 2. The molecule has 0 atom stereocenters. The maximum absolute atomic E-state index is 11.3. The van der Waals surface area contributed by atoms with E-state index in [1.54, 1.807) is 23.9 Å². The molecular formula is C12H17N3O3. The number of methoxy groups -OCH3 is 1. The molecule has 98 valence electrons. The molecule has 0 aliphatic heterocycles. The average Bonchev–Trinajstić information content (AvgIpc) is 2.69. The van der Waals surface area contributed by atoms with Crippen molar-refractivity contribution in [1.82, 2.24) is 14.9 Å². The van der Waals surface area contributed by atoms with Crippen molar-refractivity contribution < 1.29 is 14.3 Å². The zero-order valence-corrected chi connectivity index (χ0v) is 10.8. The summed E-state index contributed by atoms with van der Waals surface area (Å²) in [6.45, 7) is 2.06. The Kier molecular flexibility index (Phi) is 5.10. The largest absolute Gasteiger partial charge is 0.463 e. The monoisotopic (exact) mass is 251 g/mol. The van der Waals surface area contributed by atoms with Gasteiger partial charge in [0.05, 0.1) is 12.8 Å². The Labute approximate surface area is 106 Å². The quantitative estimate of drug-likeness (QED) is 0.619. The second-order valence-corrected chi connectivity index (χ2v) is 3.77. The van der Waals surface area contributed by atoms with Gasteiger partial charge in [-0.2, -0.15) is 0 Å². The third-order valence-corrected chi connectivity index (χ3v) is 2.24. The lowest BCUT2D eigenvalue weighted by atomic mass is 10.3. The molecule has 0 saturated heterocycles. The van der Waals surface area contributed by atoms with Crippen LogP contribution in [0.25, 0.3) is 6.08 Å². The fourth-order valence-electron chi connectivity index (χ4n) is 1.39. The lowest BCUT2D eigenvalue weighted by Crippen LogP contribution is -2.20. The fraction of sp³-hybridized carbons (Fsp3) is 0.417. The Balaban J connectivity index is 2.55. The van der Waals surface area contributed by atoms with E-state index >= 15 is 0 Å². The second kappa shape index (κ2) is 6.58. The summed E-state index contributed by atoms with van der Waals surface area (Å²) in [6.07, 6.45) is 6.14. The zero-order chi connectivity index (χ0) is 13.5. The van der Waals surface area contributed by atoms with E-state index in [0.717, 1.165) is 0 Å². The standard InChI is InChI=1S/C12H17N3O3/c1-9(16)13-7-5-4-6-10-8-15(2)11(14-10)12(17)18-3/h4,6,8H,5,7H2,1-3H3,(H,13,16). The average molecular weight is 251 g/mol. The number of nitrogens with one attached hydrogen (secondary N) is 1. The van der Waals surface area contributed by atoms with Crippen LogP contribution in [0, 0.1) is 0 Å². The number of carbonyl (C=O) groups is 2. The first-order chi connectivity index (χ1) is 8.54. The summed E-state index contributed by atoms with van der Waals surface area (Å²) in [5, 5.41) is 2.69.